The Bertz CT molecular complexity index is 467. The highest BCUT2D eigenvalue weighted by Gasteiger charge is 2.35. The van der Waals surface area contributed by atoms with E-state index in [9.17, 15) is 4.79 Å². The van der Waals surface area contributed by atoms with Crippen LogP contribution in [0.3, 0.4) is 0 Å². The van der Waals surface area contributed by atoms with E-state index in [0.29, 0.717) is 24.5 Å². The van der Waals surface area contributed by atoms with E-state index in [2.05, 4.69) is 10.2 Å². The Kier molecular flexibility index (Phi) is 3.06. The molecule has 6 heteroatoms. The van der Waals surface area contributed by atoms with Crippen molar-refractivity contribution in [2.75, 3.05) is 18.8 Å². The summed E-state index contributed by atoms with van der Waals surface area (Å²) in [7, 11) is 0. The summed E-state index contributed by atoms with van der Waals surface area (Å²) in [5.74, 6) is -0.139. The average molecular weight is 252 g/mol. The second kappa shape index (κ2) is 4.28. The quantitative estimate of drug-likeness (QED) is 0.779. The number of hydrogen-bond acceptors (Lipinski definition) is 4. The Labute approximate surface area is 106 Å². The molecule has 1 fully saturated rings. The largest absolute Gasteiger partial charge is 0.395 e. The predicted molar refractivity (Wildman–Crippen MR) is 68.3 cm³/mol. The molecule has 100 valence electrons. The third-order valence-corrected chi connectivity index (χ3v) is 3.05. The van der Waals surface area contributed by atoms with Gasteiger partial charge in [0.15, 0.2) is 5.69 Å². The standard InChI is InChI=1S/C12H20N4O2/c1-7-5-16(6-12(3,4)18-7)11(17)10-9(13)8(2)14-15-10/h7H,5-6,13H2,1-4H3,(H,14,15). The minimum absolute atomic E-state index is 0.0129. The van der Waals surface area contributed by atoms with E-state index < -0.39 is 0 Å². The predicted octanol–water partition coefficient (Wildman–Crippen LogP) is 0.940. The van der Waals surface area contributed by atoms with Gasteiger partial charge in [-0.3, -0.25) is 9.89 Å². The van der Waals surface area contributed by atoms with Crippen molar-refractivity contribution in [3.05, 3.63) is 11.4 Å². The highest BCUT2D eigenvalue weighted by Crippen LogP contribution is 2.23. The molecule has 2 heterocycles. The molecule has 1 aliphatic rings. The number of nitrogens with zero attached hydrogens (tertiary/aromatic N) is 2. The second-order valence-electron chi connectivity index (χ2n) is 5.48. The van der Waals surface area contributed by atoms with E-state index in [0.717, 1.165) is 5.69 Å². The second-order valence-corrected chi connectivity index (χ2v) is 5.48. The topological polar surface area (TPSA) is 84.2 Å². The van der Waals surface area contributed by atoms with E-state index >= 15 is 0 Å². The van der Waals surface area contributed by atoms with Crippen LogP contribution in [-0.2, 0) is 4.74 Å². The molecule has 1 unspecified atom stereocenters. The first-order chi connectivity index (χ1) is 8.30. The van der Waals surface area contributed by atoms with Crippen molar-refractivity contribution >= 4 is 11.6 Å². The number of hydrogen-bond donors (Lipinski definition) is 2. The number of nitrogens with two attached hydrogens (primary N) is 1. The normalized spacial score (nSPS) is 23.1. The fourth-order valence-corrected chi connectivity index (χ4v) is 2.36. The zero-order valence-electron chi connectivity index (χ0n) is 11.3. The van der Waals surface area contributed by atoms with Crippen LogP contribution in [0.4, 0.5) is 5.69 Å². The Hall–Kier alpha value is -1.56. The Morgan fingerprint density at radius 2 is 2.28 bits per heavy atom. The Balaban J connectivity index is 2.21. The Morgan fingerprint density at radius 3 is 2.78 bits per heavy atom. The molecule has 2 rings (SSSR count). The summed E-state index contributed by atoms with van der Waals surface area (Å²) in [4.78, 5) is 14.1. The first kappa shape index (κ1) is 12.9. The number of H-pyrrole nitrogens is 1. The lowest BCUT2D eigenvalue weighted by Crippen LogP contribution is -2.53. The van der Waals surface area contributed by atoms with Crippen molar-refractivity contribution in [2.24, 2.45) is 0 Å². The smallest absolute Gasteiger partial charge is 0.276 e. The molecule has 0 bridgehead atoms. The van der Waals surface area contributed by atoms with Crippen LogP contribution < -0.4 is 5.73 Å². The van der Waals surface area contributed by atoms with Crippen LogP contribution in [0.25, 0.3) is 0 Å². The lowest BCUT2D eigenvalue weighted by atomic mass is 10.1. The van der Waals surface area contributed by atoms with Crippen LogP contribution in [0.2, 0.25) is 0 Å². The summed E-state index contributed by atoms with van der Waals surface area (Å²) in [5.41, 5.74) is 6.95. The number of carbonyl (C=O) groups is 1. The molecule has 3 N–H and O–H groups in total. The molecule has 1 saturated heterocycles. The Morgan fingerprint density at radius 1 is 1.61 bits per heavy atom. The number of nitrogens with one attached hydrogen (secondary N) is 1. The molecule has 1 aromatic rings. The average Bonchev–Trinajstić information content (AvgIpc) is 2.56. The van der Waals surface area contributed by atoms with Gasteiger partial charge in [0.1, 0.15) is 0 Å². The van der Waals surface area contributed by atoms with Crippen molar-refractivity contribution in [3.8, 4) is 0 Å². The maximum atomic E-state index is 12.4. The summed E-state index contributed by atoms with van der Waals surface area (Å²) in [6.45, 7) is 8.81. The maximum Gasteiger partial charge on any atom is 0.276 e. The third-order valence-electron chi connectivity index (χ3n) is 3.05. The van der Waals surface area contributed by atoms with E-state index in [1.807, 2.05) is 20.8 Å². The van der Waals surface area contributed by atoms with Crippen LogP contribution in [0.1, 0.15) is 37.0 Å². The molecule has 1 aliphatic heterocycles. The number of amides is 1. The molecule has 0 spiro atoms. The number of anilines is 1. The molecule has 1 amide bonds. The van der Waals surface area contributed by atoms with Crippen LogP contribution in [-0.4, -0.2) is 45.8 Å². The molecular formula is C12H20N4O2. The van der Waals surface area contributed by atoms with Crippen molar-refractivity contribution in [2.45, 2.75) is 39.4 Å². The highest BCUT2D eigenvalue weighted by molar-refractivity contribution is 5.97. The van der Waals surface area contributed by atoms with Crippen LogP contribution in [0.15, 0.2) is 0 Å². The molecular weight excluding hydrogens is 232 g/mol. The number of aromatic amines is 1. The van der Waals surface area contributed by atoms with Crippen LogP contribution in [0.5, 0.6) is 0 Å². The van der Waals surface area contributed by atoms with Crippen molar-refractivity contribution in [3.63, 3.8) is 0 Å². The summed E-state index contributed by atoms with van der Waals surface area (Å²) in [6, 6.07) is 0. The van der Waals surface area contributed by atoms with E-state index in [1.165, 1.54) is 0 Å². The molecule has 0 radical (unpaired) electrons. The number of ether oxygens (including phenoxy) is 1. The lowest BCUT2D eigenvalue weighted by Gasteiger charge is -2.41. The molecule has 18 heavy (non-hydrogen) atoms. The number of rotatable bonds is 1. The SMILES string of the molecule is Cc1[nH]nc(C(=O)N2CC(C)OC(C)(C)C2)c1N. The van der Waals surface area contributed by atoms with Crippen LogP contribution >= 0.6 is 0 Å². The molecule has 1 aromatic heterocycles. The van der Waals surface area contributed by atoms with Crippen molar-refractivity contribution < 1.29 is 9.53 Å². The van der Waals surface area contributed by atoms with Gasteiger partial charge in [0.05, 0.1) is 23.1 Å². The van der Waals surface area contributed by atoms with Gasteiger partial charge in [-0.15, -0.1) is 0 Å². The van der Waals surface area contributed by atoms with Crippen LogP contribution in [0, 0.1) is 6.92 Å². The number of morpholine rings is 1. The van der Waals surface area contributed by atoms with Gasteiger partial charge in [0.25, 0.3) is 5.91 Å². The lowest BCUT2D eigenvalue weighted by molar-refractivity contribution is -0.118. The monoisotopic (exact) mass is 252 g/mol. The number of aromatic nitrogens is 2. The fourth-order valence-electron chi connectivity index (χ4n) is 2.36. The first-order valence-electron chi connectivity index (χ1n) is 6.08. The third kappa shape index (κ3) is 2.33. The number of carbonyl (C=O) groups excluding carboxylic acids is 1. The van der Waals surface area contributed by atoms with Crippen molar-refractivity contribution in [1.82, 2.24) is 15.1 Å². The number of nitrogen functional groups attached to an aromatic ring is 1. The number of aryl methyl sites for hydroxylation is 1. The van der Waals surface area contributed by atoms with Gasteiger partial charge in [0, 0.05) is 13.1 Å². The minimum Gasteiger partial charge on any atom is -0.395 e. The van der Waals surface area contributed by atoms with Gasteiger partial charge in [-0.05, 0) is 27.7 Å². The summed E-state index contributed by atoms with van der Waals surface area (Å²) >= 11 is 0. The van der Waals surface area contributed by atoms with Crippen molar-refractivity contribution in [1.29, 1.82) is 0 Å². The summed E-state index contributed by atoms with van der Waals surface area (Å²) < 4.78 is 5.77. The zero-order chi connectivity index (χ0) is 13.5. The molecule has 0 saturated carbocycles. The zero-order valence-corrected chi connectivity index (χ0v) is 11.3. The van der Waals surface area contributed by atoms with Gasteiger partial charge in [-0.2, -0.15) is 5.10 Å². The van der Waals surface area contributed by atoms with Gasteiger partial charge >= 0.3 is 0 Å². The highest BCUT2D eigenvalue weighted by atomic mass is 16.5. The molecule has 0 aromatic carbocycles. The van der Waals surface area contributed by atoms with E-state index in [1.54, 1.807) is 11.8 Å². The van der Waals surface area contributed by atoms with Gasteiger partial charge in [0.2, 0.25) is 0 Å². The van der Waals surface area contributed by atoms with Gasteiger partial charge in [-0.25, -0.2) is 0 Å². The van der Waals surface area contributed by atoms with E-state index in [-0.39, 0.29) is 17.6 Å². The maximum absolute atomic E-state index is 12.4. The summed E-state index contributed by atoms with van der Waals surface area (Å²) in [6.07, 6.45) is 0.0129. The van der Waals surface area contributed by atoms with Gasteiger partial charge < -0.3 is 15.4 Å². The van der Waals surface area contributed by atoms with E-state index in [4.69, 9.17) is 10.5 Å². The molecule has 1 atom stereocenters. The minimum atomic E-state index is -0.340. The fraction of sp³-hybridized carbons (Fsp3) is 0.667. The summed E-state index contributed by atoms with van der Waals surface area (Å²) in [5, 5.41) is 6.72. The first-order valence-corrected chi connectivity index (χ1v) is 6.08. The molecule has 0 aliphatic carbocycles. The molecule has 6 nitrogen and oxygen atoms in total. The van der Waals surface area contributed by atoms with Gasteiger partial charge in [-0.1, -0.05) is 0 Å².